The van der Waals surface area contributed by atoms with E-state index < -0.39 is 36.1 Å². The molecule has 222 valence electrons. The number of aromatic nitrogens is 2. The molecule has 0 bridgehead atoms. The van der Waals surface area contributed by atoms with Gasteiger partial charge in [-0.1, -0.05) is 42.5 Å². The van der Waals surface area contributed by atoms with E-state index in [-0.39, 0.29) is 30.1 Å². The Hall–Kier alpha value is -4.39. The second kappa shape index (κ2) is 12.2. The summed E-state index contributed by atoms with van der Waals surface area (Å²) in [6, 6.07) is 14.0. The van der Waals surface area contributed by atoms with E-state index in [1.807, 2.05) is 49.3 Å². The predicted molar refractivity (Wildman–Crippen MR) is 143 cm³/mol. The fourth-order valence-corrected chi connectivity index (χ4v) is 4.07. The molecule has 0 radical (unpaired) electrons. The highest BCUT2D eigenvalue weighted by Gasteiger charge is 2.37. The van der Waals surface area contributed by atoms with Crippen LogP contribution in [0.5, 0.6) is 11.9 Å². The van der Waals surface area contributed by atoms with Crippen LogP contribution in [0.4, 0.5) is 31.1 Å². The summed E-state index contributed by atoms with van der Waals surface area (Å²) in [5.74, 6) is -0.196. The third-order valence-corrected chi connectivity index (χ3v) is 6.14. The molecule has 0 spiro atoms. The second-order valence-electron chi connectivity index (χ2n) is 9.69. The third kappa shape index (κ3) is 7.46. The number of hydrogen-bond donors (Lipinski definition) is 0. The quantitative estimate of drug-likeness (QED) is 0.207. The van der Waals surface area contributed by atoms with Crippen molar-refractivity contribution in [2.75, 3.05) is 34.3 Å². The summed E-state index contributed by atoms with van der Waals surface area (Å²) in [7, 11) is 4.88. The molecule has 7 nitrogen and oxygen atoms in total. The number of amides is 1. The Morgan fingerprint density at radius 2 is 1.50 bits per heavy atom. The minimum Gasteiger partial charge on any atom is -0.462 e. The lowest BCUT2D eigenvalue weighted by Gasteiger charge is -2.20. The van der Waals surface area contributed by atoms with Crippen molar-refractivity contribution in [3.05, 3.63) is 83.6 Å². The van der Waals surface area contributed by atoms with Crippen molar-refractivity contribution in [1.82, 2.24) is 19.8 Å². The van der Waals surface area contributed by atoms with E-state index in [1.54, 1.807) is 12.1 Å². The molecule has 0 atom stereocenters. The average Bonchev–Trinajstić information content (AvgIpc) is 2.91. The van der Waals surface area contributed by atoms with Crippen LogP contribution in [0.3, 0.4) is 0 Å². The van der Waals surface area contributed by atoms with Gasteiger partial charge in [0.1, 0.15) is 6.61 Å². The first kappa shape index (κ1) is 30.6. The summed E-state index contributed by atoms with van der Waals surface area (Å²) in [6.45, 7) is 0.168. The lowest BCUT2D eigenvalue weighted by Crippen LogP contribution is -2.30. The number of benzene rings is 3. The number of fused-ring (bicyclic) bond motifs is 1. The van der Waals surface area contributed by atoms with Gasteiger partial charge in [-0.05, 0) is 54.2 Å². The monoisotopic (exact) mass is 592 g/mol. The number of nitrogens with zero attached hydrogens (tertiary/aromatic N) is 4. The average molecular weight is 593 g/mol. The van der Waals surface area contributed by atoms with Crippen LogP contribution >= 0.6 is 0 Å². The van der Waals surface area contributed by atoms with Crippen molar-refractivity contribution in [3.8, 4) is 23.0 Å². The van der Waals surface area contributed by atoms with Gasteiger partial charge in [-0.25, -0.2) is 9.78 Å². The van der Waals surface area contributed by atoms with E-state index in [1.165, 1.54) is 13.2 Å². The van der Waals surface area contributed by atoms with Gasteiger partial charge in [-0.2, -0.15) is 31.3 Å². The number of likely N-dealkylation sites (N-methyl/N-ethyl adjacent to an activating group) is 1. The number of rotatable bonds is 8. The van der Waals surface area contributed by atoms with Crippen LogP contribution < -0.4 is 9.47 Å². The zero-order chi connectivity index (χ0) is 30.7. The standard InChI is InChI=1S/C29H26F6N4O3/c1-38(2)11-12-41-26-36-16-24(23-10-6-8-19-7-4-5-9-22(19)23)25(37-26)42-27(40)39(3)17-18-13-20(28(30,31)32)15-21(14-18)29(33,34)35/h4-10,13-16H,11-12,17H2,1-3H3. The zero-order valence-corrected chi connectivity index (χ0v) is 22.8. The lowest BCUT2D eigenvalue weighted by atomic mass is 10.00. The number of carbonyl (C=O) groups is 1. The van der Waals surface area contributed by atoms with Crippen LogP contribution in [-0.2, 0) is 18.9 Å². The summed E-state index contributed by atoms with van der Waals surface area (Å²) < 4.78 is 91.0. The number of alkyl halides is 6. The van der Waals surface area contributed by atoms with Crippen LogP contribution in [0, 0.1) is 0 Å². The van der Waals surface area contributed by atoms with Crippen molar-refractivity contribution in [3.63, 3.8) is 0 Å². The Balaban J connectivity index is 1.66. The van der Waals surface area contributed by atoms with Crippen LogP contribution in [0.2, 0.25) is 0 Å². The second-order valence-corrected chi connectivity index (χ2v) is 9.69. The van der Waals surface area contributed by atoms with E-state index >= 15 is 0 Å². The van der Waals surface area contributed by atoms with Crippen molar-refractivity contribution in [1.29, 1.82) is 0 Å². The minimum absolute atomic E-state index is 0.0248. The maximum atomic E-state index is 13.3. The molecular formula is C29H26F6N4O3. The van der Waals surface area contributed by atoms with E-state index in [2.05, 4.69) is 9.97 Å². The Kier molecular flexibility index (Phi) is 8.90. The van der Waals surface area contributed by atoms with Crippen LogP contribution in [-0.4, -0.2) is 60.2 Å². The van der Waals surface area contributed by atoms with E-state index in [9.17, 15) is 31.1 Å². The molecule has 4 rings (SSSR count). The largest absolute Gasteiger partial charge is 0.462 e. The predicted octanol–water partition coefficient (Wildman–Crippen LogP) is 6.91. The lowest BCUT2D eigenvalue weighted by molar-refractivity contribution is -0.143. The van der Waals surface area contributed by atoms with Crippen LogP contribution in [0.1, 0.15) is 16.7 Å². The summed E-state index contributed by atoms with van der Waals surface area (Å²) in [6.07, 6.45) is -9.69. The molecule has 0 saturated carbocycles. The Labute approximate surface area is 237 Å². The molecule has 1 heterocycles. The molecule has 42 heavy (non-hydrogen) atoms. The zero-order valence-electron chi connectivity index (χ0n) is 22.8. The van der Waals surface area contributed by atoms with Crippen molar-refractivity contribution >= 4 is 16.9 Å². The fraction of sp³-hybridized carbons (Fsp3) is 0.276. The van der Waals surface area contributed by atoms with Gasteiger partial charge in [-0.3, -0.25) is 0 Å². The topological polar surface area (TPSA) is 67.8 Å². The van der Waals surface area contributed by atoms with Gasteiger partial charge in [-0.15, -0.1) is 0 Å². The van der Waals surface area contributed by atoms with Gasteiger partial charge < -0.3 is 19.3 Å². The van der Waals surface area contributed by atoms with E-state index in [4.69, 9.17) is 9.47 Å². The highest BCUT2D eigenvalue weighted by molar-refractivity contribution is 5.97. The van der Waals surface area contributed by atoms with E-state index in [0.717, 1.165) is 15.7 Å². The first-order valence-corrected chi connectivity index (χ1v) is 12.6. The summed E-state index contributed by atoms with van der Waals surface area (Å²) in [5, 5.41) is 1.69. The Bertz CT molecular complexity index is 1540. The molecular weight excluding hydrogens is 566 g/mol. The molecule has 0 aliphatic carbocycles. The smallest absolute Gasteiger partial charge is 0.416 e. The molecule has 1 amide bonds. The van der Waals surface area contributed by atoms with Gasteiger partial charge >= 0.3 is 24.5 Å². The van der Waals surface area contributed by atoms with Crippen LogP contribution in [0.15, 0.2) is 66.9 Å². The highest BCUT2D eigenvalue weighted by atomic mass is 19.4. The van der Waals surface area contributed by atoms with Gasteiger partial charge in [0.15, 0.2) is 0 Å². The first-order chi connectivity index (χ1) is 19.7. The first-order valence-electron chi connectivity index (χ1n) is 12.6. The molecule has 0 aliphatic heterocycles. The number of halogens is 6. The van der Waals surface area contributed by atoms with Gasteiger partial charge in [0, 0.05) is 26.3 Å². The molecule has 0 saturated heterocycles. The summed E-state index contributed by atoms with van der Waals surface area (Å²) >= 11 is 0. The SMILES string of the molecule is CN(C)CCOc1ncc(-c2cccc3ccccc23)c(OC(=O)N(C)Cc2cc(C(F)(F)F)cc(C(F)(F)F)c2)n1. The normalized spacial score (nSPS) is 12.0. The van der Waals surface area contributed by atoms with Crippen molar-refractivity contribution in [2.24, 2.45) is 0 Å². The maximum absolute atomic E-state index is 13.3. The molecule has 0 fully saturated rings. The summed E-state index contributed by atoms with van der Waals surface area (Å²) in [5.41, 5.74) is -2.40. The number of hydrogen-bond acceptors (Lipinski definition) is 6. The molecule has 4 aromatic rings. The van der Waals surface area contributed by atoms with Gasteiger partial charge in [0.2, 0.25) is 5.88 Å². The minimum atomic E-state index is -5.02. The van der Waals surface area contributed by atoms with Crippen LogP contribution in [0.25, 0.3) is 21.9 Å². The molecule has 13 heteroatoms. The maximum Gasteiger partial charge on any atom is 0.416 e. The fourth-order valence-electron chi connectivity index (χ4n) is 4.07. The van der Waals surface area contributed by atoms with Crippen molar-refractivity contribution in [2.45, 2.75) is 18.9 Å². The highest BCUT2D eigenvalue weighted by Crippen LogP contribution is 2.37. The van der Waals surface area contributed by atoms with Gasteiger partial charge in [0.25, 0.3) is 0 Å². The molecule has 1 aromatic heterocycles. The number of ether oxygens (including phenoxy) is 2. The Morgan fingerprint density at radius 3 is 2.14 bits per heavy atom. The summed E-state index contributed by atoms with van der Waals surface area (Å²) in [4.78, 5) is 24.3. The molecule has 3 aromatic carbocycles. The van der Waals surface area contributed by atoms with Crippen molar-refractivity contribution < 1.29 is 40.6 Å². The van der Waals surface area contributed by atoms with E-state index in [0.29, 0.717) is 29.8 Å². The Morgan fingerprint density at radius 1 is 0.857 bits per heavy atom. The van der Waals surface area contributed by atoms with Gasteiger partial charge in [0.05, 0.1) is 16.7 Å². The number of carbonyl (C=O) groups excluding carboxylic acids is 1. The third-order valence-electron chi connectivity index (χ3n) is 6.14. The molecule has 0 unspecified atom stereocenters. The molecule has 0 aliphatic rings. The molecule has 0 N–H and O–H groups in total.